The second kappa shape index (κ2) is 5.63. The number of esters is 1. The van der Waals surface area contributed by atoms with Crippen molar-refractivity contribution in [3.05, 3.63) is 0 Å². The number of nitrogens with one attached hydrogen (secondary N) is 1. The summed E-state index contributed by atoms with van der Waals surface area (Å²) >= 11 is 0. The van der Waals surface area contributed by atoms with Gasteiger partial charge in [0.05, 0.1) is 20.3 Å². The molecule has 2 atom stereocenters. The molecule has 0 spiro atoms. The number of methoxy groups -OCH3 is 1. The van der Waals surface area contributed by atoms with Crippen LogP contribution >= 0.6 is 0 Å². The van der Waals surface area contributed by atoms with E-state index in [1.807, 2.05) is 0 Å². The van der Waals surface area contributed by atoms with Gasteiger partial charge in [-0.3, -0.25) is 10.1 Å². The van der Waals surface area contributed by atoms with Crippen molar-refractivity contribution >= 4 is 5.97 Å². The molecule has 1 aliphatic heterocycles. The van der Waals surface area contributed by atoms with E-state index in [1.54, 1.807) is 0 Å². The summed E-state index contributed by atoms with van der Waals surface area (Å²) in [5, 5.41) is 2.97. The van der Waals surface area contributed by atoms with Gasteiger partial charge in [0, 0.05) is 12.5 Å². The van der Waals surface area contributed by atoms with Crippen LogP contribution in [0.25, 0.3) is 0 Å². The van der Waals surface area contributed by atoms with Gasteiger partial charge in [0.1, 0.15) is 6.04 Å². The average molecular weight is 197 g/mol. The average Bonchev–Trinajstić information content (AvgIpc) is 2.71. The Hall–Kier alpha value is -1.05. The molecule has 4 heteroatoms. The van der Waals surface area contributed by atoms with Crippen LogP contribution in [0.4, 0.5) is 0 Å². The molecule has 0 aromatic heterocycles. The molecule has 0 aliphatic carbocycles. The second-order valence-electron chi connectivity index (χ2n) is 3.21. The molecule has 78 valence electrons. The van der Waals surface area contributed by atoms with Gasteiger partial charge in [0.25, 0.3) is 0 Å². The van der Waals surface area contributed by atoms with E-state index >= 15 is 0 Å². The monoisotopic (exact) mass is 197 g/mol. The highest BCUT2D eigenvalue weighted by atomic mass is 16.5. The van der Waals surface area contributed by atoms with Crippen LogP contribution < -0.4 is 5.32 Å². The number of carbonyl (C=O) groups is 1. The number of ether oxygens (including phenoxy) is 2. The summed E-state index contributed by atoms with van der Waals surface area (Å²) in [4.78, 5) is 11.4. The van der Waals surface area contributed by atoms with Crippen LogP contribution in [0.5, 0.6) is 0 Å². The lowest BCUT2D eigenvalue weighted by atomic mass is 9.99. The van der Waals surface area contributed by atoms with Crippen LogP contribution in [0.2, 0.25) is 0 Å². The van der Waals surface area contributed by atoms with Crippen molar-refractivity contribution in [2.24, 2.45) is 5.92 Å². The minimum atomic E-state index is -0.335. The minimum Gasteiger partial charge on any atom is -0.468 e. The molecule has 0 bridgehead atoms. The molecular formula is C10H15NO3. The van der Waals surface area contributed by atoms with Gasteiger partial charge in [-0.25, -0.2) is 0 Å². The van der Waals surface area contributed by atoms with Crippen LogP contribution in [0.1, 0.15) is 6.42 Å². The highest BCUT2D eigenvalue weighted by Crippen LogP contribution is 2.17. The Labute approximate surface area is 84.0 Å². The third-order valence-electron chi connectivity index (χ3n) is 2.32. The lowest BCUT2D eigenvalue weighted by Gasteiger charge is -2.19. The van der Waals surface area contributed by atoms with Crippen LogP contribution in [0, 0.1) is 18.3 Å². The molecule has 0 radical (unpaired) electrons. The zero-order valence-corrected chi connectivity index (χ0v) is 8.29. The molecule has 1 rings (SSSR count). The summed E-state index contributed by atoms with van der Waals surface area (Å²) in [5.41, 5.74) is 0. The van der Waals surface area contributed by atoms with Crippen molar-refractivity contribution in [3.8, 4) is 12.3 Å². The fourth-order valence-electron chi connectivity index (χ4n) is 1.55. The van der Waals surface area contributed by atoms with Crippen molar-refractivity contribution < 1.29 is 14.3 Å². The molecule has 1 aliphatic rings. The quantitative estimate of drug-likeness (QED) is 0.500. The van der Waals surface area contributed by atoms with Gasteiger partial charge in [0.2, 0.25) is 0 Å². The largest absolute Gasteiger partial charge is 0.468 e. The molecule has 4 nitrogen and oxygen atoms in total. The highest BCUT2D eigenvalue weighted by Gasteiger charge is 2.31. The maximum atomic E-state index is 11.4. The molecule has 1 fully saturated rings. The van der Waals surface area contributed by atoms with Crippen molar-refractivity contribution in [1.82, 2.24) is 5.32 Å². The topological polar surface area (TPSA) is 47.6 Å². The molecule has 14 heavy (non-hydrogen) atoms. The number of rotatable bonds is 4. The Morgan fingerprint density at radius 1 is 1.86 bits per heavy atom. The van der Waals surface area contributed by atoms with E-state index < -0.39 is 0 Å². The number of hydrogen-bond donors (Lipinski definition) is 1. The van der Waals surface area contributed by atoms with Gasteiger partial charge in [0.15, 0.2) is 0 Å². The zero-order chi connectivity index (χ0) is 10.4. The fourth-order valence-corrected chi connectivity index (χ4v) is 1.55. The van der Waals surface area contributed by atoms with E-state index in [4.69, 9.17) is 15.9 Å². The van der Waals surface area contributed by atoms with Gasteiger partial charge in [-0.05, 0) is 6.42 Å². The Morgan fingerprint density at radius 3 is 3.14 bits per heavy atom. The fraction of sp³-hybridized carbons (Fsp3) is 0.700. The van der Waals surface area contributed by atoms with Crippen molar-refractivity contribution in [3.63, 3.8) is 0 Å². The smallest absolute Gasteiger partial charge is 0.323 e. The lowest BCUT2D eigenvalue weighted by Crippen LogP contribution is -2.44. The van der Waals surface area contributed by atoms with Crippen LogP contribution in [-0.4, -0.2) is 38.9 Å². The predicted molar refractivity (Wildman–Crippen MR) is 51.6 cm³/mol. The third-order valence-corrected chi connectivity index (χ3v) is 2.32. The normalized spacial score (nSPS) is 22.7. The Morgan fingerprint density at radius 2 is 2.64 bits per heavy atom. The van der Waals surface area contributed by atoms with Gasteiger partial charge >= 0.3 is 5.97 Å². The SMILES string of the molecule is C#CCNC(C(=O)OC)C1CCOC1. The molecule has 0 aromatic carbocycles. The van der Waals surface area contributed by atoms with E-state index in [-0.39, 0.29) is 17.9 Å². The second-order valence-corrected chi connectivity index (χ2v) is 3.21. The first-order valence-corrected chi connectivity index (χ1v) is 4.62. The third kappa shape index (κ3) is 2.72. The Kier molecular flexibility index (Phi) is 4.44. The van der Waals surface area contributed by atoms with E-state index in [2.05, 4.69) is 11.2 Å². The maximum absolute atomic E-state index is 11.4. The highest BCUT2D eigenvalue weighted by molar-refractivity contribution is 5.76. The van der Waals surface area contributed by atoms with Crippen LogP contribution in [-0.2, 0) is 14.3 Å². The minimum absolute atomic E-state index is 0.177. The summed E-state index contributed by atoms with van der Waals surface area (Å²) in [5.74, 6) is 2.35. The number of carbonyl (C=O) groups excluding carboxylic acids is 1. The standard InChI is InChI=1S/C10H15NO3/c1-3-5-11-9(10(12)13-2)8-4-6-14-7-8/h1,8-9,11H,4-7H2,2H3. The molecule has 0 saturated carbocycles. The lowest BCUT2D eigenvalue weighted by molar-refractivity contribution is -0.144. The van der Waals surface area contributed by atoms with Crippen molar-refractivity contribution in [2.45, 2.75) is 12.5 Å². The molecule has 0 aromatic rings. The molecular weight excluding hydrogens is 182 g/mol. The first-order valence-electron chi connectivity index (χ1n) is 4.62. The summed E-state index contributed by atoms with van der Waals surface area (Å²) in [6, 6.07) is -0.335. The molecule has 2 unspecified atom stereocenters. The van der Waals surface area contributed by atoms with Crippen LogP contribution in [0.3, 0.4) is 0 Å². The maximum Gasteiger partial charge on any atom is 0.323 e. The Balaban J connectivity index is 2.51. The number of terminal acetylenes is 1. The Bertz CT molecular complexity index is 228. The van der Waals surface area contributed by atoms with E-state index in [1.165, 1.54) is 7.11 Å². The van der Waals surface area contributed by atoms with Gasteiger partial charge < -0.3 is 9.47 Å². The van der Waals surface area contributed by atoms with Crippen LogP contribution in [0.15, 0.2) is 0 Å². The first-order chi connectivity index (χ1) is 6.79. The summed E-state index contributed by atoms with van der Waals surface area (Å²) in [6.07, 6.45) is 5.99. The first kappa shape index (κ1) is 11.0. The van der Waals surface area contributed by atoms with Gasteiger partial charge in [-0.15, -0.1) is 6.42 Å². The molecule has 0 amide bonds. The molecule has 1 N–H and O–H groups in total. The van der Waals surface area contributed by atoms with E-state index in [0.29, 0.717) is 19.8 Å². The van der Waals surface area contributed by atoms with Gasteiger partial charge in [-0.2, -0.15) is 0 Å². The molecule has 1 saturated heterocycles. The predicted octanol–water partition coefficient (Wildman–Crippen LogP) is -0.213. The van der Waals surface area contributed by atoms with Crippen molar-refractivity contribution in [1.29, 1.82) is 0 Å². The summed E-state index contributed by atoms with van der Waals surface area (Å²) in [7, 11) is 1.38. The summed E-state index contributed by atoms with van der Waals surface area (Å²) in [6.45, 7) is 1.67. The summed E-state index contributed by atoms with van der Waals surface area (Å²) < 4.78 is 9.91. The van der Waals surface area contributed by atoms with E-state index in [9.17, 15) is 4.79 Å². The number of hydrogen-bond acceptors (Lipinski definition) is 4. The van der Waals surface area contributed by atoms with Gasteiger partial charge in [-0.1, -0.05) is 5.92 Å². The van der Waals surface area contributed by atoms with Crippen molar-refractivity contribution in [2.75, 3.05) is 26.9 Å². The zero-order valence-electron chi connectivity index (χ0n) is 8.29. The molecule has 1 heterocycles. The van der Waals surface area contributed by atoms with E-state index in [0.717, 1.165) is 6.42 Å².